The minimum Gasteiger partial charge on any atom is -0.295 e. The Hall–Kier alpha value is -1.72. The molecule has 0 aromatic rings. The Bertz CT molecular complexity index is 406. The maximum absolute atomic E-state index is 12.1. The number of fused-ring (bicyclic) bond motifs is 1. The fourth-order valence-corrected chi connectivity index (χ4v) is 2.00. The number of hydrogen-bond acceptors (Lipinski definition) is 5. The molecule has 1 saturated carbocycles. The van der Waals surface area contributed by atoms with Crippen molar-refractivity contribution in [3.8, 4) is 0 Å². The number of nitrogens with zero attached hydrogens (tertiary/aromatic N) is 4. The summed E-state index contributed by atoms with van der Waals surface area (Å²) in [5, 5.41) is 11.7. The number of carbonyl (C=O) groups excluding carboxylic acids is 1. The number of alkyl halides is 1. The highest BCUT2D eigenvalue weighted by molar-refractivity contribution is 5.87. The van der Waals surface area contributed by atoms with Gasteiger partial charge >= 0.3 is 0 Å². The summed E-state index contributed by atoms with van der Waals surface area (Å²) in [7, 11) is 1.89. The first kappa shape index (κ1) is 11.8. The van der Waals surface area contributed by atoms with E-state index in [1.165, 1.54) is 19.2 Å². The van der Waals surface area contributed by atoms with E-state index in [0.717, 1.165) is 6.42 Å². The molecule has 1 heterocycles. The molecule has 0 aromatic heterocycles. The average molecular weight is 238 g/mol. The Morgan fingerprint density at radius 2 is 2.59 bits per heavy atom. The second-order valence-electron chi connectivity index (χ2n) is 4.25. The van der Waals surface area contributed by atoms with E-state index in [1.54, 1.807) is 17.4 Å². The molecule has 0 amide bonds. The van der Waals surface area contributed by atoms with Gasteiger partial charge in [0, 0.05) is 19.7 Å². The van der Waals surface area contributed by atoms with Gasteiger partial charge < -0.3 is 0 Å². The quantitative estimate of drug-likeness (QED) is 0.404. The van der Waals surface area contributed by atoms with Gasteiger partial charge in [-0.05, 0) is 13.0 Å². The van der Waals surface area contributed by atoms with Gasteiger partial charge in [-0.15, -0.1) is 0 Å². The molecule has 2 atom stereocenters. The predicted octanol–water partition coefficient (Wildman–Crippen LogP) is 0.789. The third-order valence-electron chi connectivity index (χ3n) is 3.00. The molecule has 0 aromatic carbocycles. The van der Waals surface area contributed by atoms with Gasteiger partial charge in [0.25, 0.3) is 0 Å². The SMILES string of the molecule is CC(=O)/C=C\N(/N=C/CF)C12C=NN(C)C1C2. The summed E-state index contributed by atoms with van der Waals surface area (Å²) >= 11 is 0. The lowest BCUT2D eigenvalue weighted by atomic mass is 10.3. The molecule has 17 heavy (non-hydrogen) atoms. The third kappa shape index (κ3) is 2.07. The van der Waals surface area contributed by atoms with Gasteiger partial charge in [0.15, 0.2) is 5.78 Å². The first-order valence-electron chi connectivity index (χ1n) is 5.44. The molecular weight excluding hydrogens is 223 g/mol. The second kappa shape index (κ2) is 4.27. The molecule has 0 spiro atoms. The first-order chi connectivity index (χ1) is 8.10. The summed E-state index contributed by atoms with van der Waals surface area (Å²) in [5.41, 5.74) is -0.299. The van der Waals surface area contributed by atoms with Crippen LogP contribution in [0.1, 0.15) is 13.3 Å². The topological polar surface area (TPSA) is 48.3 Å². The van der Waals surface area contributed by atoms with Gasteiger partial charge in [-0.1, -0.05) is 0 Å². The van der Waals surface area contributed by atoms with E-state index in [4.69, 9.17) is 0 Å². The molecule has 2 rings (SSSR count). The first-order valence-corrected chi connectivity index (χ1v) is 5.44. The highest BCUT2D eigenvalue weighted by atomic mass is 19.1. The Kier molecular flexibility index (Phi) is 2.95. The van der Waals surface area contributed by atoms with Gasteiger partial charge in [-0.2, -0.15) is 10.2 Å². The van der Waals surface area contributed by atoms with Gasteiger partial charge in [0.05, 0.1) is 18.5 Å². The van der Waals surface area contributed by atoms with Crippen molar-refractivity contribution in [2.45, 2.75) is 24.9 Å². The molecule has 1 aliphatic heterocycles. The molecule has 2 aliphatic rings. The standard InChI is InChI=1S/C11H15FN4O/c1-9(17)3-6-16(13-5-4-12)11-7-10(11)15(2)14-8-11/h3,5-6,8,10H,4,7H2,1-2H3/b6-3-,13-5+. The number of likely N-dealkylation sites (N-methyl/N-ethyl adjacent to an activating group) is 1. The zero-order valence-corrected chi connectivity index (χ0v) is 9.88. The minimum atomic E-state index is -0.627. The number of ketones is 1. The lowest BCUT2D eigenvalue weighted by Gasteiger charge is -2.21. The monoisotopic (exact) mass is 238 g/mol. The minimum absolute atomic E-state index is 0.0673. The van der Waals surface area contributed by atoms with Crippen LogP contribution < -0.4 is 0 Å². The van der Waals surface area contributed by atoms with E-state index < -0.39 is 6.67 Å². The summed E-state index contributed by atoms with van der Waals surface area (Å²) < 4.78 is 12.1. The summed E-state index contributed by atoms with van der Waals surface area (Å²) in [6.45, 7) is 0.836. The number of allylic oxidation sites excluding steroid dienone is 1. The summed E-state index contributed by atoms with van der Waals surface area (Å²) in [4.78, 5) is 10.9. The molecule has 1 fully saturated rings. The highest BCUT2D eigenvalue weighted by Gasteiger charge is 2.63. The molecule has 0 N–H and O–H groups in total. The molecule has 0 radical (unpaired) electrons. The number of hydrogen-bond donors (Lipinski definition) is 0. The number of hydrazone groups is 2. The normalized spacial score (nSPS) is 30.3. The zero-order valence-electron chi connectivity index (χ0n) is 9.88. The molecule has 5 nitrogen and oxygen atoms in total. The van der Waals surface area contributed by atoms with Crippen molar-refractivity contribution >= 4 is 18.2 Å². The predicted molar refractivity (Wildman–Crippen MR) is 63.5 cm³/mol. The van der Waals surface area contributed by atoms with E-state index in [2.05, 4.69) is 10.2 Å². The maximum atomic E-state index is 12.1. The summed E-state index contributed by atoms with van der Waals surface area (Å²) in [5.74, 6) is -0.0673. The second-order valence-corrected chi connectivity index (χ2v) is 4.25. The van der Waals surface area contributed by atoms with Crippen LogP contribution in [0.2, 0.25) is 0 Å². The van der Waals surface area contributed by atoms with E-state index in [1.807, 2.05) is 12.1 Å². The lowest BCUT2D eigenvalue weighted by molar-refractivity contribution is -0.112. The Labute approximate surface area is 99.3 Å². The highest BCUT2D eigenvalue weighted by Crippen LogP contribution is 2.47. The molecule has 6 heteroatoms. The third-order valence-corrected chi connectivity index (χ3v) is 3.00. The van der Waals surface area contributed by atoms with Crippen LogP contribution in [0.5, 0.6) is 0 Å². The summed E-state index contributed by atoms with van der Waals surface area (Å²) in [6.07, 6.45) is 6.88. The Balaban J connectivity index is 2.15. The maximum Gasteiger partial charge on any atom is 0.154 e. The zero-order chi connectivity index (χ0) is 12.5. The van der Waals surface area contributed by atoms with Crippen molar-refractivity contribution in [2.24, 2.45) is 10.2 Å². The van der Waals surface area contributed by atoms with Crippen molar-refractivity contribution in [1.29, 1.82) is 0 Å². The van der Waals surface area contributed by atoms with E-state index >= 15 is 0 Å². The van der Waals surface area contributed by atoms with E-state index in [-0.39, 0.29) is 17.4 Å². The van der Waals surface area contributed by atoms with Crippen molar-refractivity contribution in [2.75, 3.05) is 13.7 Å². The van der Waals surface area contributed by atoms with Crippen molar-refractivity contribution < 1.29 is 9.18 Å². The number of halogens is 1. The van der Waals surface area contributed by atoms with E-state index in [9.17, 15) is 9.18 Å². The molecule has 1 aliphatic carbocycles. The van der Waals surface area contributed by atoms with E-state index in [0.29, 0.717) is 0 Å². The van der Waals surface area contributed by atoms with Crippen molar-refractivity contribution in [3.05, 3.63) is 12.3 Å². The van der Waals surface area contributed by atoms with Crippen LogP contribution in [-0.2, 0) is 4.79 Å². The Morgan fingerprint density at radius 1 is 1.82 bits per heavy atom. The van der Waals surface area contributed by atoms with Gasteiger partial charge in [-0.25, -0.2) is 4.39 Å². The van der Waals surface area contributed by atoms with Crippen LogP contribution in [0.4, 0.5) is 4.39 Å². The lowest BCUT2D eigenvalue weighted by Crippen LogP contribution is -2.33. The molecule has 0 saturated heterocycles. The number of carbonyl (C=O) groups is 1. The summed E-state index contributed by atoms with van der Waals surface area (Å²) in [6, 6.07) is 0.260. The van der Waals surface area contributed by atoms with Crippen LogP contribution in [-0.4, -0.2) is 53.5 Å². The molecule has 0 bridgehead atoms. The van der Waals surface area contributed by atoms with Crippen LogP contribution >= 0.6 is 0 Å². The fourth-order valence-electron chi connectivity index (χ4n) is 2.00. The van der Waals surface area contributed by atoms with Crippen LogP contribution in [0.25, 0.3) is 0 Å². The van der Waals surface area contributed by atoms with Gasteiger partial charge in [-0.3, -0.25) is 14.8 Å². The average Bonchev–Trinajstić information content (AvgIpc) is 2.94. The van der Waals surface area contributed by atoms with Crippen molar-refractivity contribution in [3.63, 3.8) is 0 Å². The van der Waals surface area contributed by atoms with Gasteiger partial charge in [0.2, 0.25) is 0 Å². The smallest absolute Gasteiger partial charge is 0.154 e. The largest absolute Gasteiger partial charge is 0.295 e. The molecular formula is C11H15FN4O. The molecule has 92 valence electrons. The van der Waals surface area contributed by atoms with Crippen LogP contribution in [0, 0.1) is 0 Å². The molecule has 2 unspecified atom stereocenters. The fraction of sp³-hybridized carbons (Fsp3) is 0.545. The van der Waals surface area contributed by atoms with Crippen LogP contribution in [0.3, 0.4) is 0 Å². The number of rotatable bonds is 5. The Morgan fingerprint density at radius 3 is 3.06 bits per heavy atom. The van der Waals surface area contributed by atoms with Crippen molar-refractivity contribution in [1.82, 2.24) is 10.0 Å². The van der Waals surface area contributed by atoms with Crippen LogP contribution in [0.15, 0.2) is 22.5 Å². The van der Waals surface area contributed by atoms with Gasteiger partial charge in [0.1, 0.15) is 12.2 Å².